The minimum Gasteiger partial charge on any atom is -0.477 e. The van der Waals surface area contributed by atoms with Crippen molar-refractivity contribution in [1.29, 1.82) is 0 Å². The van der Waals surface area contributed by atoms with Gasteiger partial charge in [-0.15, -0.1) is 0 Å². The Labute approximate surface area is 242 Å². The van der Waals surface area contributed by atoms with E-state index in [9.17, 15) is 45.3 Å². The van der Waals surface area contributed by atoms with Crippen LogP contribution in [0, 0.1) is 47.4 Å². The molecule has 0 fully saturated rings. The van der Waals surface area contributed by atoms with E-state index >= 15 is 0 Å². The summed E-state index contributed by atoms with van der Waals surface area (Å²) in [6.07, 6.45) is 3.12. The van der Waals surface area contributed by atoms with Crippen molar-refractivity contribution in [1.82, 2.24) is 0 Å². The highest BCUT2D eigenvalue weighted by atomic mass is 16.6. The van der Waals surface area contributed by atoms with Crippen LogP contribution in [0.4, 0.5) is 34.1 Å². The van der Waals surface area contributed by atoms with Crippen molar-refractivity contribution in [3.05, 3.63) is 75.8 Å². The first-order valence-corrected chi connectivity index (χ1v) is 13.4. The first-order valence-electron chi connectivity index (χ1n) is 13.4. The number of carboxylic acid groups (broad SMARTS) is 1. The zero-order chi connectivity index (χ0) is 32.1. The highest BCUT2D eigenvalue weighted by Gasteiger charge is 2.30. The second-order valence-corrected chi connectivity index (χ2v) is 9.29. The summed E-state index contributed by atoms with van der Waals surface area (Å²) >= 11 is 0. The molecule has 0 aromatic heterocycles. The van der Waals surface area contributed by atoms with Crippen LogP contribution >= 0.6 is 0 Å². The third-order valence-corrected chi connectivity index (χ3v) is 6.06. The second kappa shape index (κ2) is 16.4. The lowest BCUT2D eigenvalue weighted by molar-refractivity contribution is -0.394. The third-order valence-electron chi connectivity index (χ3n) is 6.06. The van der Waals surface area contributed by atoms with E-state index in [1.807, 2.05) is 32.6 Å². The van der Waals surface area contributed by atoms with Crippen LogP contribution in [0.1, 0.15) is 69.3 Å². The SMILES string of the molecule is CCCN(CCC)c1cc(C(=O)O)c([N+](=O)[O-])cc1[N+](=O)[O-].CCCN(CCC)c1cc(C)c([N+](=O)[O-])cc1[N+](=O)[O-]. The molecule has 0 heterocycles. The van der Waals surface area contributed by atoms with Gasteiger partial charge in [0.25, 0.3) is 22.7 Å². The highest BCUT2D eigenvalue weighted by molar-refractivity contribution is 5.95. The normalized spacial score (nSPS) is 10.3. The van der Waals surface area contributed by atoms with Gasteiger partial charge < -0.3 is 14.9 Å². The Balaban J connectivity index is 0.000000422. The van der Waals surface area contributed by atoms with Gasteiger partial charge in [-0.25, -0.2) is 4.79 Å². The van der Waals surface area contributed by atoms with E-state index in [0.717, 1.165) is 31.0 Å². The molecule has 0 bridgehead atoms. The molecule has 1 N–H and O–H groups in total. The average molecular weight is 593 g/mol. The van der Waals surface area contributed by atoms with E-state index in [2.05, 4.69) is 0 Å². The number of anilines is 2. The van der Waals surface area contributed by atoms with Crippen molar-refractivity contribution >= 4 is 40.1 Å². The van der Waals surface area contributed by atoms with Crippen LogP contribution in [-0.2, 0) is 0 Å². The van der Waals surface area contributed by atoms with Crippen LogP contribution in [0.15, 0.2) is 24.3 Å². The third kappa shape index (κ3) is 9.07. The Bertz CT molecular complexity index is 1300. The summed E-state index contributed by atoms with van der Waals surface area (Å²) in [5.74, 6) is -1.49. The number of carboxylic acids is 1. The molecule has 16 nitrogen and oxygen atoms in total. The Morgan fingerprint density at radius 1 is 0.619 bits per heavy atom. The van der Waals surface area contributed by atoms with E-state index in [1.165, 1.54) is 0 Å². The summed E-state index contributed by atoms with van der Waals surface area (Å²) < 4.78 is 0. The molecule has 0 aliphatic rings. The number of nitro benzene ring substituents is 4. The first kappa shape index (κ1) is 35.1. The molecule has 0 saturated heterocycles. The number of hydrogen-bond donors (Lipinski definition) is 1. The van der Waals surface area contributed by atoms with Crippen LogP contribution in [0.2, 0.25) is 0 Å². The van der Waals surface area contributed by atoms with E-state index in [4.69, 9.17) is 5.11 Å². The zero-order valence-corrected chi connectivity index (χ0v) is 24.3. The molecule has 2 aromatic carbocycles. The van der Waals surface area contributed by atoms with Gasteiger partial charge in [-0.3, -0.25) is 40.5 Å². The topological polar surface area (TPSA) is 216 Å². The monoisotopic (exact) mass is 592 g/mol. The smallest absolute Gasteiger partial charge is 0.342 e. The molecule has 2 rings (SSSR count). The molecule has 0 spiro atoms. The van der Waals surface area contributed by atoms with Crippen LogP contribution in [0.25, 0.3) is 0 Å². The maximum atomic E-state index is 11.2. The van der Waals surface area contributed by atoms with Crippen molar-refractivity contribution < 1.29 is 29.6 Å². The lowest BCUT2D eigenvalue weighted by Gasteiger charge is -2.23. The Hall–Kier alpha value is -4.89. The van der Waals surface area contributed by atoms with Gasteiger partial charge in [0.15, 0.2) is 0 Å². The highest BCUT2D eigenvalue weighted by Crippen LogP contribution is 2.36. The number of aromatic carboxylic acids is 1. The van der Waals surface area contributed by atoms with Gasteiger partial charge in [0.2, 0.25) is 0 Å². The lowest BCUT2D eigenvalue weighted by atomic mass is 10.1. The van der Waals surface area contributed by atoms with E-state index < -0.39 is 42.6 Å². The molecule has 16 heteroatoms. The standard InChI is InChI=1S/C13H17N3O6.C13H19N3O4/c1-3-5-14(6-4-2)11-7-9(13(17)18)10(15(19)20)8-12(11)16(21)22;1-4-6-14(7-5-2)12-8-10(3)11(15(17)18)9-13(12)16(19)20/h7-8H,3-6H2,1-2H3,(H,17,18);8-9H,4-7H2,1-3H3. The van der Waals surface area contributed by atoms with Crippen molar-refractivity contribution in [3.63, 3.8) is 0 Å². The molecular weight excluding hydrogens is 556 g/mol. The fourth-order valence-electron chi connectivity index (χ4n) is 4.34. The first-order chi connectivity index (χ1) is 19.7. The van der Waals surface area contributed by atoms with Gasteiger partial charge in [0, 0.05) is 31.7 Å². The van der Waals surface area contributed by atoms with Gasteiger partial charge in [-0.05, 0) is 44.7 Å². The zero-order valence-electron chi connectivity index (χ0n) is 24.3. The molecule has 0 saturated carbocycles. The summed E-state index contributed by atoms with van der Waals surface area (Å²) in [5, 5.41) is 53.3. The summed E-state index contributed by atoms with van der Waals surface area (Å²) in [7, 11) is 0. The Morgan fingerprint density at radius 3 is 1.26 bits per heavy atom. The summed E-state index contributed by atoms with van der Waals surface area (Å²) in [6.45, 7) is 11.7. The molecule has 0 amide bonds. The number of nitro groups is 4. The maximum absolute atomic E-state index is 11.2. The minimum absolute atomic E-state index is 0.0942. The predicted molar refractivity (Wildman–Crippen MR) is 157 cm³/mol. The number of rotatable bonds is 15. The fourth-order valence-corrected chi connectivity index (χ4v) is 4.34. The molecular formula is C26H36N6O10. The molecule has 230 valence electrons. The lowest BCUT2D eigenvalue weighted by Crippen LogP contribution is -2.26. The predicted octanol–water partition coefficient (Wildman–Crippen LogP) is 6.27. The average Bonchev–Trinajstić information content (AvgIpc) is 2.91. The summed E-state index contributed by atoms with van der Waals surface area (Å²) in [5.41, 5.74) is -1.22. The second-order valence-electron chi connectivity index (χ2n) is 9.29. The van der Waals surface area contributed by atoms with Gasteiger partial charge >= 0.3 is 5.97 Å². The molecule has 2 aromatic rings. The van der Waals surface area contributed by atoms with Crippen molar-refractivity contribution in [2.24, 2.45) is 0 Å². The minimum atomic E-state index is -1.49. The largest absolute Gasteiger partial charge is 0.477 e. The van der Waals surface area contributed by atoms with Gasteiger partial charge in [-0.1, -0.05) is 27.7 Å². The van der Waals surface area contributed by atoms with E-state index in [0.29, 0.717) is 50.3 Å². The van der Waals surface area contributed by atoms with Crippen molar-refractivity contribution in [3.8, 4) is 0 Å². The maximum Gasteiger partial charge on any atom is 0.342 e. The van der Waals surface area contributed by atoms with Crippen molar-refractivity contribution in [2.45, 2.75) is 60.3 Å². The Morgan fingerprint density at radius 2 is 0.952 bits per heavy atom. The van der Waals surface area contributed by atoms with Crippen LogP contribution in [0.3, 0.4) is 0 Å². The number of nitrogens with zero attached hydrogens (tertiary/aromatic N) is 6. The van der Waals surface area contributed by atoms with Crippen LogP contribution < -0.4 is 9.80 Å². The molecule has 0 unspecified atom stereocenters. The molecule has 0 aliphatic carbocycles. The number of hydrogen-bond acceptors (Lipinski definition) is 11. The van der Waals surface area contributed by atoms with Crippen molar-refractivity contribution in [2.75, 3.05) is 36.0 Å². The molecule has 0 atom stereocenters. The van der Waals surface area contributed by atoms with Gasteiger partial charge in [0.05, 0.1) is 31.8 Å². The molecule has 0 radical (unpaired) electrons. The van der Waals surface area contributed by atoms with E-state index in [-0.39, 0.29) is 17.1 Å². The van der Waals surface area contributed by atoms with E-state index in [1.54, 1.807) is 17.9 Å². The number of aryl methyl sites for hydroxylation is 1. The summed E-state index contributed by atoms with van der Waals surface area (Å²) in [4.78, 5) is 56.2. The molecule has 0 aliphatic heterocycles. The van der Waals surface area contributed by atoms with Gasteiger partial charge in [-0.2, -0.15) is 0 Å². The Kier molecular flexibility index (Phi) is 13.7. The number of benzene rings is 2. The fraction of sp³-hybridized carbons (Fsp3) is 0.500. The molecule has 42 heavy (non-hydrogen) atoms. The number of carbonyl (C=O) groups is 1. The van der Waals surface area contributed by atoms with Crippen LogP contribution in [-0.4, -0.2) is 56.9 Å². The van der Waals surface area contributed by atoms with Crippen LogP contribution in [0.5, 0.6) is 0 Å². The quantitative estimate of drug-likeness (QED) is 0.179. The summed E-state index contributed by atoms with van der Waals surface area (Å²) in [6, 6.07) is 4.34. The van der Waals surface area contributed by atoms with Gasteiger partial charge in [0.1, 0.15) is 16.9 Å².